The number of carbonyl (C=O) groups is 2. The standard InChI is InChI=1S/C30H45IN4O6S/c1-21-26(42-20-34-21)23-7-5-22(6-8-23)18-33-28(37)25-17-24(36)19-35(25)29(38)27(30(2,3)4)32-10-12-40-14-16-41-15-13-39-11-9-31/h5-8,20,24-25,27,32,36H,9-19H2,1-4H3,(H,33,37)/t24-,25+,27-/m1/s1. The summed E-state index contributed by atoms with van der Waals surface area (Å²) in [5, 5.41) is 16.7. The maximum absolute atomic E-state index is 13.7. The van der Waals surface area contributed by atoms with Gasteiger partial charge in [0.15, 0.2) is 0 Å². The number of thiazole rings is 1. The van der Waals surface area contributed by atoms with E-state index in [0.717, 1.165) is 32.7 Å². The average molecular weight is 717 g/mol. The first-order valence-corrected chi connectivity index (χ1v) is 16.8. The fraction of sp³-hybridized carbons (Fsp3) is 0.633. The second kappa shape index (κ2) is 17.6. The van der Waals surface area contributed by atoms with Gasteiger partial charge in [-0.25, -0.2) is 4.98 Å². The van der Waals surface area contributed by atoms with Crippen LogP contribution in [0.4, 0.5) is 0 Å². The summed E-state index contributed by atoms with van der Waals surface area (Å²) < 4.78 is 17.5. The molecule has 0 aliphatic carbocycles. The van der Waals surface area contributed by atoms with Crippen molar-refractivity contribution in [1.29, 1.82) is 0 Å². The van der Waals surface area contributed by atoms with Crippen molar-refractivity contribution in [2.24, 2.45) is 5.41 Å². The second-order valence-electron chi connectivity index (χ2n) is 11.4. The number of rotatable bonds is 17. The zero-order chi connectivity index (χ0) is 30.5. The number of nitrogens with one attached hydrogen (secondary N) is 2. The molecule has 0 bridgehead atoms. The van der Waals surface area contributed by atoms with E-state index in [1.54, 1.807) is 11.3 Å². The molecule has 0 saturated carbocycles. The normalized spacial score (nSPS) is 17.9. The van der Waals surface area contributed by atoms with E-state index in [9.17, 15) is 14.7 Å². The van der Waals surface area contributed by atoms with Crippen molar-refractivity contribution in [3.63, 3.8) is 0 Å². The molecule has 234 valence electrons. The molecule has 1 saturated heterocycles. The molecule has 3 atom stereocenters. The van der Waals surface area contributed by atoms with E-state index < -0.39 is 23.6 Å². The maximum Gasteiger partial charge on any atom is 0.243 e. The molecule has 0 radical (unpaired) electrons. The van der Waals surface area contributed by atoms with E-state index in [4.69, 9.17) is 14.2 Å². The molecule has 12 heteroatoms. The quantitative estimate of drug-likeness (QED) is 0.130. The number of aliphatic hydroxyl groups excluding tert-OH is 1. The van der Waals surface area contributed by atoms with Crippen LogP contribution in [-0.2, 0) is 30.3 Å². The van der Waals surface area contributed by atoms with E-state index >= 15 is 0 Å². The lowest BCUT2D eigenvalue weighted by Gasteiger charge is -2.35. The van der Waals surface area contributed by atoms with Crippen LogP contribution < -0.4 is 10.6 Å². The number of hydrogen-bond acceptors (Lipinski definition) is 9. The highest BCUT2D eigenvalue weighted by Gasteiger charge is 2.43. The second-order valence-corrected chi connectivity index (χ2v) is 13.3. The monoisotopic (exact) mass is 716 g/mol. The molecule has 2 heterocycles. The first-order valence-electron chi connectivity index (χ1n) is 14.4. The highest BCUT2D eigenvalue weighted by Crippen LogP contribution is 2.28. The number of nitrogens with zero attached hydrogens (tertiary/aromatic N) is 2. The number of likely N-dealkylation sites (tertiary alicyclic amines) is 1. The van der Waals surface area contributed by atoms with Crippen molar-refractivity contribution < 1.29 is 28.9 Å². The average Bonchev–Trinajstić information content (AvgIpc) is 3.57. The lowest BCUT2D eigenvalue weighted by molar-refractivity contribution is -0.142. The van der Waals surface area contributed by atoms with Crippen LogP contribution in [0.15, 0.2) is 29.8 Å². The van der Waals surface area contributed by atoms with Crippen molar-refractivity contribution in [2.75, 3.05) is 57.2 Å². The van der Waals surface area contributed by atoms with Crippen molar-refractivity contribution in [2.45, 2.75) is 58.8 Å². The van der Waals surface area contributed by atoms with Gasteiger partial charge in [-0.1, -0.05) is 67.6 Å². The summed E-state index contributed by atoms with van der Waals surface area (Å²) in [4.78, 5) is 33.9. The van der Waals surface area contributed by atoms with Crippen molar-refractivity contribution >= 4 is 45.7 Å². The molecule has 0 spiro atoms. The van der Waals surface area contributed by atoms with Gasteiger partial charge in [0.05, 0.1) is 67.9 Å². The van der Waals surface area contributed by atoms with Gasteiger partial charge >= 0.3 is 0 Å². The molecule has 1 aromatic heterocycles. The van der Waals surface area contributed by atoms with E-state index in [2.05, 4.69) is 38.2 Å². The number of halogens is 1. The molecule has 42 heavy (non-hydrogen) atoms. The third-order valence-electron chi connectivity index (χ3n) is 6.97. The number of ether oxygens (including phenoxy) is 3. The summed E-state index contributed by atoms with van der Waals surface area (Å²) in [5.41, 5.74) is 4.46. The number of carbonyl (C=O) groups excluding carboxylic acids is 2. The largest absolute Gasteiger partial charge is 0.391 e. The lowest BCUT2D eigenvalue weighted by Crippen LogP contribution is -2.57. The Bertz CT molecular complexity index is 1110. The minimum absolute atomic E-state index is 0.128. The molecular weight excluding hydrogens is 671 g/mol. The third-order valence-corrected chi connectivity index (χ3v) is 8.38. The van der Waals surface area contributed by atoms with Crippen LogP contribution in [0.3, 0.4) is 0 Å². The minimum Gasteiger partial charge on any atom is -0.391 e. The number of aromatic nitrogens is 1. The Morgan fingerprint density at radius 1 is 1.10 bits per heavy atom. The van der Waals surface area contributed by atoms with E-state index in [1.807, 2.05) is 57.5 Å². The maximum atomic E-state index is 13.7. The molecule has 2 amide bonds. The summed E-state index contributed by atoms with van der Waals surface area (Å²) in [6.45, 7) is 12.1. The predicted molar refractivity (Wildman–Crippen MR) is 173 cm³/mol. The Labute approximate surface area is 267 Å². The van der Waals surface area contributed by atoms with Crippen molar-refractivity contribution in [3.8, 4) is 10.4 Å². The Morgan fingerprint density at radius 3 is 2.33 bits per heavy atom. The van der Waals surface area contributed by atoms with Gasteiger partial charge in [-0.3, -0.25) is 9.59 Å². The van der Waals surface area contributed by atoms with Crippen LogP contribution in [-0.4, -0.2) is 102 Å². The number of aliphatic hydroxyl groups is 1. The number of benzene rings is 1. The van der Waals surface area contributed by atoms with Crippen LogP contribution in [0.1, 0.15) is 38.4 Å². The highest BCUT2D eigenvalue weighted by atomic mass is 127. The summed E-state index contributed by atoms with van der Waals surface area (Å²) in [6.07, 6.45) is -0.535. The Balaban J connectivity index is 1.48. The predicted octanol–water partition coefficient (Wildman–Crippen LogP) is 3.19. The molecular formula is C30H45IN4O6S. The Hall–Kier alpha value is -1.68. The fourth-order valence-electron chi connectivity index (χ4n) is 4.77. The van der Waals surface area contributed by atoms with Gasteiger partial charge in [0.1, 0.15) is 6.04 Å². The van der Waals surface area contributed by atoms with Crippen molar-refractivity contribution in [1.82, 2.24) is 20.5 Å². The molecule has 2 aromatic rings. The Kier molecular flexibility index (Phi) is 14.6. The molecule has 1 aliphatic rings. The van der Waals surface area contributed by atoms with E-state index in [0.29, 0.717) is 46.1 Å². The molecule has 1 fully saturated rings. The molecule has 0 unspecified atom stereocenters. The van der Waals surface area contributed by atoms with E-state index in [1.165, 1.54) is 4.90 Å². The zero-order valence-electron chi connectivity index (χ0n) is 25.1. The summed E-state index contributed by atoms with van der Waals surface area (Å²) >= 11 is 3.87. The number of β-amino-alcohol motifs (C(OH)–C–C–N with tert-alkyl or cyclic N) is 1. The first kappa shape index (κ1) is 34.8. The van der Waals surface area contributed by atoms with Crippen LogP contribution in [0.5, 0.6) is 0 Å². The highest BCUT2D eigenvalue weighted by molar-refractivity contribution is 14.1. The topological polar surface area (TPSA) is 122 Å². The number of amides is 2. The number of alkyl halides is 1. The number of aryl methyl sites for hydroxylation is 1. The Morgan fingerprint density at radius 2 is 1.74 bits per heavy atom. The van der Waals surface area contributed by atoms with Crippen LogP contribution in [0, 0.1) is 12.3 Å². The van der Waals surface area contributed by atoms with Gasteiger partial charge in [-0.15, -0.1) is 11.3 Å². The van der Waals surface area contributed by atoms with Gasteiger partial charge in [0.2, 0.25) is 11.8 Å². The van der Waals surface area contributed by atoms with Crippen molar-refractivity contribution in [3.05, 3.63) is 41.0 Å². The third kappa shape index (κ3) is 10.8. The number of hydrogen-bond donors (Lipinski definition) is 3. The summed E-state index contributed by atoms with van der Waals surface area (Å²) in [6, 6.07) is 6.74. The van der Waals surface area contributed by atoms with Gasteiger partial charge in [0, 0.05) is 30.5 Å². The van der Waals surface area contributed by atoms with Gasteiger partial charge in [0.25, 0.3) is 0 Å². The van der Waals surface area contributed by atoms with Gasteiger partial charge in [-0.2, -0.15) is 0 Å². The van der Waals surface area contributed by atoms with Gasteiger partial charge in [-0.05, 0) is 23.5 Å². The van der Waals surface area contributed by atoms with Gasteiger partial charge < -0.3 is 34.9 Å². The first-order chi connectivity index (χ1) is 20.1. The molecule has 3 rings (SSSR count). The smallest absolute Gasteiger partial charge is 0.243 e. The lowest BCUT2D eigenvalue weighted by atomic mass is 9.85. The zero-order valence-corrected chi connectivity index (χ0v) is 28.0. The van der Waals surface area contributed by atoms with Crippen LogP contribution >= 0.6 is 33.9 Å². The SMILES string of the molecule is Cc1ncsc1-c1ccc(CNC(=O)[C@@H]2C[C@@H](O)CN2C(=O)[C@@H](NCCOCCOCCOCCI)C(C)(C)C)cc1. The fourth-order valence-corrected chi connectivity index (χ4v) is 5.89. The van der Waals surface area contributed by atoms with Crippen LogP contribution in [0.2, 0.25) is 0 Å². The summed E-state index contributed by atoms with van der Waals surface area (Å²) in [5.74, 6) is -0.462. The van der Waals surface area contributed by atoms with Crippen LogP contribution in [0.25, 0.3) is 10.4 Å². The molecule has 10 nitrogen and oxygen atoms in total. The molecule has 1 aromatic carbocycles. The minimum atomic E-state index is -0.748. The molecule has 1 aliphatic heterocycles. The summed E-state index contributed by atoms with van der Waals surface area (Å²) in [7, 11) is 0. The van der Waals surface area contributed by atoms with E-state index in [-0.39, 0.29) is 24.8 Å². The molecule has 3 N–H and O–H groups in total.